The molecule has 0 aliphatic rings. The fourth-order valence-electron chi connectivity index (χ4n) is 1.49. The highest BCUT2D eigenvalue weighted by atomic mass is 32.0. The average molecular weight is 256 g/mol. The second-order valence-corrected chi connectivity index (χ2v) is 5.68. The predicted octanol–water partition coefficient (Wildman–Crippen LogP) is 4.06. The van der Waals surface area contributed by atoms with Crippen molar-refractivity contribution in [3.05, 3.63) is 71.3 Å². The molecule has 0 amide bonds. The molecule has 2 aromatic rings. The summed E-state index contributed by atoms with van der Waals surface area (Å²) in [7, 11) is 3.67. The Morgan fingerprint density at radius 3 is 2.00 bits per heavy atom. The summed E-state index contributed by atoms with van der Waals surface area (Å²) in [5.41, 5.74) is 3.51. The van der Waals surface area contributed by atoms with Crippen LogP contribution in [0.4, 0.5) is 0 Å². The molecule has 0 spiro atoms. The summed E-state index contributed by atoms with van der Waals surface area (Å²) < 4.78 is 0. The molecule has 0 aliphatic carbocycles. The molecule has 0 N–H and O–H groups in total. The molecular formula is C15H14P2. The zero-order valence-electron chi connectivity index (χ0n) is 9.48. The highest BCUT2D eigenvalue weighted by molar-refractivity contribution is 8.02. The van der Waals surface area contributed by atoms with Crippen LogP contribution < -0.4 is 0 Å². The molecular weight excluding hydrogens is 242 g/mol. The smallest absolute Gasteiger partial charge is 0.0249 e. The van der Waals surface area contributed by atoms with Gasteiger partial charge in [-0.1, -0.05) is 50.4 Å². The Balaban J connectivity index is 2.12. The Hall–Kier alpha value is -1.14. The van der Waals surface area contributed by atoms with E-state index in [2.05, 4.69) is 45.0 Å². The van der Waals surface area contributed by atoms with Crippen molar-refractivity contribution in [1.29, 1.82) is 0 Å². The maximum absolute atomic E-state index is 3.18. The maximum atomic E-state index is 3.18. The monoisotopic (exact) mass is 256 g/mol. The van der Waals surface area contributed by atoms with Gasteiger partial charge in [-0.15, -0.1) is 8.93 Å². The van der Waals surface area contributed by atoms with Gasteiger partial charge in [-0.2, -0.15) is 0 Å². The topological polar surface area (TPSA) is 0 Å². The van der Waals surface area contributed by atoms with Crippen molar-refractivity contribution in [2.24, 2.45) is 0 Å². The number of hydrogen-bond donors (Lipinski definition) is 0. The van der Waals surface area contributed by atoms with E-state index in [-0.39, 0.29) is 0 Å². The largest absolute Gasteiger partial charge is 0.114 e. The van der Waals surface area contributed by atoms with E-state index in [1.54, 1.807) is 0 Å². The Kier molecular flexibility index (Phi) is 4.75. The summed E-state index contributed by atoms with van der Waals surface area (Å²) in [6.07, 6.45) is 1.14. The van der Waals surface area contributed by atoms with Gasteiger partial charge in [0.15, 0.2) is 0 Å². The zero-order valence-corrected chi connectivity index (χ0v) is 11.6. The van der Waals surface area contributed by atoms with Crippen molar-refractivity contribution in [2.45, 2.75) is 6.16 Å². The Bertz CT molecular complexity index is 518. The van der Waals surface area contributed by atoms with Gasteiger partial charge in [-0.25, -0.2) is 0 Å². The fraction of sp³-hybridized carbons (Fsp3) is 0.0667. The third kappa shape index (κ3) is 3.98. The van der Waals surface area contributed by atoms with Crippen LogP contribution in [-0.2, 0) is 6.16 Å². The van der Waals surface area contributed by atoms with Crippen LogP contribution >= 0.6 is 17.2 Å². The standard InChI is InChI=1S/C15H14P2/c16-17-12-15-10-8-14(9-11-15)7-6-13-4-2-1-3-5-13/h1-5,8-11,17H,12,16H2. The summed E-state index contributed by atoms with van der Waals surface area (Å²) in [5, 5.41) is 0. The van der Waals surface area contributed by atoms with Gasteiger partial charge in [0.25, 0.3) is 0 Å². The van der Waals surface area contributed by atoms with Gasteiger partial charge in [-0.05, 0) is 36.0 Å². The van der Waals surface area contributed by atoms with Crippen LogP contribution in [0.15, 0.2) is 54.6 Å². The summed E-state index contributed by atoms with van der Waals surface area (Å²) in [5.74, 6) is 6.34. The lowest BCUT2D eigenvalue weighted by Crippen LogP contribution is -1.79. The first-order valence-corrected chi connectivity index (χ1v) is 8.49. The van der Waals surface area contributed by atoms with Gasteiger partial charge in [0.1, 0.15) is 0 Å². The van der Waals surface area contributed by atoms with E-state index in [0.29, 0.717) is 0 Å². The maximum Gasteiger partial charge on any atom is 0.0249 e. The van der Waals surface area contributed by atoms with Crippen LogP contribution in [0.2, 0.25) is 0 Å². The van der Waals surface area contributed by atoms with E-state index in [1.165, 1.54) is 5.56 Å². The minimum atomic E-state index is 0.891. The molecule has 2 rings (SSSR count). The SMILES string of the molecule is PPCc1ccc(C#Cc2ccccc2)cc1. The van der Waals surface area contributed by atoms with E-state index in [4.69, 9.17) is 0 Å². The second-order valence-electron chi connectivity index (χ2n) is 3.69. The first kappa shape index (κ1) is 12.3. The molecule has 2 atom stereocenters. The molecule has 0 radical (unpaired) electrons. The molecule has 0 bridgehead atoms. The van der Waals surface area contributed by atoms with Crippen molar-refractivity contribution in [2.75, 3.05) is 0 Å². The van der Waals surface area contributed by atoms with E-state index in [1.807, 2.05) is 30.3 Å². The van der Waals surface area contributed by atoms with Crippen molar-refractivity contribution in [1.82, 2.24) is 0 Å². The molecule has 0 aliphatic heterocycles. The lowest BCUT2D eigenvalue weighted by molar-refractivity contribution is 1.41. The molecule has 0 nitrogen and oxygen atoms in total. The molecule has 0 fully saturated rings. The van der Waals surface area contributed by atoms with Crippen molar-refractivity contribution in [3.63, 3.8) is 0 Å². The molecule has 2 unspecified atom stereocenters. The summed E-state index contributed by atoms with van der Waals surface area (Å²) in [4.78, 5) is 0. The molecule has 0 saturated carbocycles. The first-order chi connectivity index (χ1) is 8.38. The summed E-state index contributed by atoms with van der Waals surface area (Å²) >= 11 is 0. The van der Waals surface area contributed by atoms with Gasteiger partial charge in [0, 0.05) is 11.1 Å². The van der Waals surface area contributed by atoms with Gasteiger partial charge >= 0.3 is 0 Å². The van der Waals surface area contributed by atoms with Gasteiger partial charge in [0.05, 0.1) is 0 Å². The Morgan fingerprint density at radius 2 is 1.41 bits per heavy atom. The lowest BCUT2D eigenvalue weighted by atomic mass is 10.1. The van der Waals surface area contributed by atoms with Crippen LogP contribution in [0.5, 0.6) is 0 Å². The van der Waals surface area contributed by atoms with E-state index < -0.39 is 0 Å². The van der Waals surface area contributed by atoms with E-state index >= 15 is 0 Å². The van der Waals surface area contributed by atoms with Crippen LogP contribution in [-0.4, -0.2) is 0 Å². The highest BCUT2D eigenvalue weighted by Crippen LogP contribution is 2.25. The Labute approximate surface area is 107 Å². The highest BCUT2D eigenvalue weighted by Gasteiger charge is 1.91. The molecule has 2 heteroatoms. The van der Waals surface area contributed by atoms with E-state index in [9.17, 15) is 0 Å². The van der Waals surface area contributed by atoms with E-state index in [0.717, 1.165) is 25.6 Å². The second kappa shape index (κ2) is 6.56. The normalized spacial score (nSPS) is 10.2. The fourth-order valence-corrected chi connectivity index (χ4v) is 2.67. The van der Waals surface area contributed by atoms with Gasteiger partial charge in [0.2, 0.25) is 0 Å². The molecule has 0 aromatic heterocycles. The van der Waals surface area contributed by atoms with Crippen molar-refractivity contribution >= 4 is 17.2 Å². The van der Waals surface area contributed by atoms with Crippen LogP contribution in [0.25, 0.3) is 0 Å². The van der Waals surface area contributed by atoms with Crippen LogP contribution in [0.3, 0.4) is 0 Å². The Morgan fingerprint density at radius 1 is 0.824 bits per heavy atom. The van der Waals surface area contributed by atoms with Gasteiger partial charge < -0.3 is 0 Å². The molecule has 0 heterocycles. The third-order valence-electron chi connectivity index (χ3n) is 2.39. The predicted molar refractivity (Wildman–Crippen MR) is 80.6 cm³/mol. The quantitative estimate of drug-likeness (QED) is 0.561. The van der Waals surface area contributed by atoms with Gasteiger partial charge in [-0.3, -0.25) is 0 Å². The minimum absolute atomic E-state index is 0.891. The van der Waals surface area contributed by atoms with Crippen molar-refractivity contribution in [3.8, 4) is 11.8 Å². The zero-order chi connectivity index (χ0) is 11.9. The third-order valence-corrected chi connectivity index (χ3v) is 3.61. The number of rotatable bonds is 2. The summed E-state index contributed by atoms with van der Waals surface area (Å²) in [6, 6.07) is 18.6. The number of benzene rings is 2. The average Bonchev–Trinajstić information content (AvgIpc) is 2.40. The van der Waals surface area contributed by atoms with Crippen molar-refractivity contribution < 1.29 is 0 Å². The first-order valence-electron chi connectivity index (χ1n) is 5.48. The van der Waals surface area contributed by atoms with Crippen LogP contribution in [0, 0.1) is 11.8 Å². The lowest BCUT2D eigenvalue weighted by Gasteiger charge is -1.97. The minimum Gasteiger partial charge on any atom is -0.114 e. The summed E-state index contributed by atoms with van der Waals surface area (Å²) in [6.45, 7) is 0. The molecule has 0 saturated heterocycles. The number of hydrogen-bond acceptors (Lipinski definition) is 0. The van der Waals surface area contributed by atoms with Crippen LogP contribution in [0.1, 0.15) is 16.7 Å². The molecule has 17 heavy (non-hydrogen) atoms. The molecule has 84 valence electrons. The molecule has 2 aromatic carbocycles.